The first kappa shape index (κ1) is 18.2. The Bertz CT molecular complexity index is 775. The van der Waals surface area contributed by atoms with Crippen LogP contribution in [0.1, 0.15) is 34.8 Å². The highest BCUT2D eigenvalue weighted by Gasteiger charge is 2.26. The van der Waals surface area contributed by atoms with Crippen LogP contribution in [0.5, 0.6) is 11.5 Å². The number of rotatable bonds is 6. The van der Waals surface area contributed by atoms with Crippen LogP contribution < -0.4 is 10.1 Å². The van der Waals surface area contributed by atoms with E-state index in [0.717, 1.165) is 49.4 Å². The topological polar surface area (TPSA) is 61.8 Å². The number of phenols is 1. The van der Waals surface area contributed by atoms with Gasteiger partial charge in [-0.1, -0.05) is 18.2 Å². The number of amides is 1. The van der Waals surface area contributed by atoms with Gasteiger partial charge < -0.3 is 15.2 Å². The smallest absolute Gasteiger partial charge is 0.255 e. The van der Waals surface area contributed by atoms with E-state index >= 15 is 0 Å². The summed E-state index contributed by atoms with van der Waals surface area (Å²) in [6.45, 7) is 2.24. The molecule has 0 saturated carbocycles. The third-order valence-electron chi connectivity index (χ3n) is 4.74. The molecule has 0 spiro atoms. The van der Waals surface area contributed by atoms with Crippen molar-refractivity contribution in [2.75, 3.05) is 26.7 Å². The number of para-hydroxylation sites is 1. The molecule has 1 aliphatic heterocycles. The number of hydrogen-bond acceptors (Lipinski definition) is 4. The molecular formula is C20H23FN2O3. The predicted octanol–water partition coefficient (Wildman–Crippen LogP) is 3.11. The van der Waals surface area contributed by atoms with Gasteiger partial charge >= 0.3 is 0 Å². The van der Waals surface area contributed by atoms with Crippen molar-refractivity contribution < 1.29 is 19.0 Å². The molecular weight excluding hydrogens is 335 g/mol. The van der Waals surface area contributed by atoms with Crippen LogP contribution >= 0.6 is 0 Å². The van der Waals surface area contributed by atoms with E-state index < -0.39 is 11.7 Å². The van der Waals surface area contributed by atoms with Crippen molar-refractivity contribution in [3.63, 3.8) is 0 Å². The molecule has 1 heterocycles. The molecule has 5 nitrogen and oxygen atoms in total. The Morgan fingerprint density at radius 3 is 2.73 bits per heavy atom. The van der Waals surface area contributed by atoms with Crippen LogP contribution in [0, 0.1) is 5.82 Å². The summed E-state index contributed by atoms with van der Waals surface area (Å²) in [5.41, 5.74) is 0.936. The highest BCUT2D eigenvalue weighted by Crippen LogP contribution is 2.31. The molecule has 26 heavy (non-hydrogen) atoms. The van der Waals surface area contributed by atoms with Gasteiger partial charge in [0.1, 0.15) is 17.3 Å². The summed E-state index contributed by atoms with van der Waals surface area (Å²) in [6, 6.07) is 11.0. The quantitative estimate of drug-likeness (QED) is 0.833. The maximum Gasteiger partial charge on any atom is 0.255 e. The number of benzene rings is 2. The van der Waals surface area contributed by atoms with Crippen molar-refractivity contribution in [3.8, 4) is 11.5 Å². The van der Waals surface area contributed by atoms with Crippen LogP contribution in [-0.2, 0) is 0 Å². The minimum Gasteiger partial charge on any atom is -0.507 e. The SMILES string of the molecule is COc1ccccc1[C@H](CNC(=O)c1cc(F)ccc1O)N1CCCC1. The second-order valence-corrected chi connectivity index (χ2v) is 6.37. The second kappa shape index (κ2) is 8.19. The first-order chi connectivity index (χ1) is 12.6. The van der Waals surface area contributed by atoms with Gasteiger partial charge in [0.25, 0.3) is 5.91 Å². The zero-order valence-electron chi connectivity index (χ0n) is 14.7. The van der Waals surface area contributed by atoms with Gasteiger partial charge in [-0.3, -0.25) is 9.69 Å². The molecule has 3 rings (SSSR count). The average molecular weight is 358 g/mol. The highest BCUT2D eigenvalue weighted by atomic mass is 19.1. The Labute approximate surface area is 152 Å². The summed E-state index contributed by atoms with van der Waals surface area (Å²) in [5, 5.41) is 12.7. The lowest BCUT2D eigenvalue weighted by Gasteiger charge is -2.29. The number of nitrogens with one attached hydrogen (secondary N) is 1. The Hall–Kier alpha value is -2.60. The summed E-state index contributed by atoms with van der Waals surface area (Å²) in [6.07, 6.45) is 2.23. The van der Waals surface area contributed by atoms with E-state index in [-0.39, 0.29) is 17.4 Å². The molecule has 2 aromatic carbocycles. The van der Waals surface area contributed by atoms with Crippen LogP contribution in [0.15, 0.2) is 42.5 Å². The molecule has 1 atom stereocenters. The monoisotopic (exact) mass is 358 g/mol. The standard InChI is InChI=1S/C20H23FN2O3/c1-26-19-7-3-2-6-15(19)17(23-10-4-5-11-23)13-22-20(25)16-12-14(21)8-9-18(16)24/h2-3,6-9,12,17,24H,4-5,10-11,13H2,1H3,(H,22,25)/t17-/m0/s1. The Morgan fingerprint density at radius 1 is 1.27 bits per heavy atom. The lowest BCUT2D eigenvalue weighted by molar-refractivity contribution is 0.0934. The number of likely N-dealkylation sites (tertiary alicyclic amines) is 1. The van der Waals surface area contributed by atoms with Crippen molar-refractivity contribution in [2.24, 2.45) is 0 Å². The van der Waals surface area contributed by atoms with E-state index in [1.165, 1.54) is 6.07 Å². The molecule has 138 valence electrons. The normalized spacial score (nSPS) is 15.6. The van der Waals surface area contributed by atoms with Crippen LogP contribution in [-0.4, -0.2) is 42.7 Å². The molecule has 2 N–H and O–H groups in total. The molecule has 1 fully saturated rings. The van der Waals surface area contributed by atoms with Crippen molar-refractivity contribution >= 4 is 5.91 Å². The molecule has 0 aliphatic carbocycles. The summed E-state index contributed by atoms with van der Waals surface area (Å²) in [7, 11) is 1.63. The van der Waals surface area contributed by atoms with E-state index in [2.05, 4.69) is 10.2 Å². The maximum atomic E-state index is 13.4. The third-order valence-corrected chi connectivity index (χ3v) is 4.74. The van der Waals surface area contributed by atoms with Gasteiger partial charge in [-0.15, -0.1) is 0 Å². The number of phenolic OH excluding ortho intramolecular Hbond substituents is 1. The number of carbonyl (C=O) groups excluding carboxylic acids is 1. The van der Waals surface area contributed by atoms with Crippen LogP contribution in [0.3, 0.4) is 0 Å². The number of hydrogen-bond donors (Lipinski definition) is 2. The Kier molecular flexibility index (Phi) is 5.73. The maximum absolute atomic E-state index is 13.4. The average Bonchev–Trinajstić information content (AvgIpc) is 3.18. The Balaban J connectivity index is 1.80. The summed E-state index contributed by atoms with van der Waals surface area (Å²) in [4.78, 5) is 14.7. The molecule has 0 radical (unpaired) electrons. The lowest BCUT2D eigenvalue weighted by Crippen LogP contribution is -2.37. The Morgan fingerprint density at radius 2 is 2.00 bits per heavy atom. The van der Waals surface area contributed by atoms with Crippen molar-refractivity contribution in [1.82, 2.24) is 10.2 Å². The third kappa shape index (κ3) is 3.96. The molecule has 1 saturated heterocycles. The number of ether oxygens (including phenoxy) is 1. The highest BCUT2D eigenvalue weighted by molar-refractivity contribution is 5.96. The largest absolute Gasteiger partial charge is 0.507 e. The van der Waals surface area contributed by atoms with Crippen molar-refractivity contribution in [2.45, 2.75) is 18.9 Å². The number of methoxy groups -OCH3 is 1. The minimum atomic E-state index is -0.561. The first-order valence-electron chi connectivity index (χ1n) is 8.74. The van der Waals surface area contributed by atoms with E-state index in [1.807, 2.05) is 24.3 Å². The number of nitrogens with zero attached hydrogens (tertiary/aromatic N) is 1. The van der Waals surface area contributed by atoms with Gasteiger partial charge in [-0.2, -0.15) is 0 Å². The summed E-state index contributed by atoms with van der Waals surface area (Å²) >= 11 is 0. The van der Waals surface area contributed by atoms with Gasteiger partial charge in [0, 0.05) is 12.1 Å². The number of aromatic hydroxyl groups is 1. The molecule has 0 aromatic heterocycles. The minimum absolute atomic E-state index is 0.0479. The van der Waals surface area contributed by atoms with Gasteiger partial charge in [-0.25, -0.2) is 4.39 Å². The molecule has 1 amide bonds. The van der Waals surface area contributed by atoms with E-state index in [4.69, 9.17) is 4.74 Å². The molecule has 2 aromatic rings. The fourth-order valence-electron chi connectivity index (χ4n) is 3.41. The molecule has 6 heteroatoms. The zero-order valence-corrected chi connectivity index (χ0v) is 14.7. The van der Waals surface area contributed by atoms with Crippen molar-refractivity contribution in [3.05, 3.63) is 59.4 Å². The molecule has 0 unspecified atom stereocenters. The molecule has 0 bridgehead atoms. The second-order valence-electron chi connectivity index (χ2n) is 6.37. The lowest BCUT2D eigenvalue weighted by atomic mass is 10.0. The van der Waals surface area contributed by atoms with Crippen LogP contribution in [0.4, 0.5) is 4.39 Å². The van der Waals surface area contributed by atoms with Gasteiger partial charge in [-0.05, 0) is 50.2 Å². The van der Waals surface area contributed by atoms with Gasteiger partial charge in [0.2, 0.25) is 0 Å². The number of carbonyl (C=O) groups is 1. The van der Waals surface area contributed by atoms with Crippen molar-refractivity contribution in [1.29, 1.82) is 0 Å². The first-order valence-corrected chi connectivity index (χ1v) is 8.74. The number of halogens is 1. The zero-order chi connectivity index (χ0) is 18.5. The predicted molar refractivity (Wildman–Crippen MR) is 96.9 cm³/mol. The summed E-state index contributed by atoms with van der Waals surface area (Å²) in [5.74, 6) is -0.527. The molecule has 1 aliphatic rings. The fraction of sp³-hybridized carbons (Fsp3) is 0.350. The fourth-order valence-corrected chi connectivity index (χ4v) is 3.41. The van der Waals surface area contributed by atoms with E-state index in [1.54, 1.807) is 7.11 Å². The van der Waals surface area contributed by atoms with Crippen LogP contribution in [0.25, 0.3) is 0 Å². The van der Waals surface area contributed by atoms with Crippen LogP contribution in [0.2, 0.25) is 0 Å². The van der Waals surface area contributed by atoms with Gasteiger partial charge in [0.15, 0.2) is 0 Å². The van der Waals surface area contributed by atoms with E-state index in [9.17, 15) is 14.3 Å². The van der Waals surface area contributed by atoms with E-state index in [0.29, 0.717) is 6.54 Å². The summed E-state index contributed by atoms with van der Waals surface area (Å²) < 4.78 is 18.9. The van der Waals surface area contributed by atoms with Gasteiger partial charge in [0.05, 0.1) is 18.7 Å².